The second-order valence-corrected chi connectivity index (χ2v) is 6.08. The van der Waals surface area contributed by atoms with E-state index >= 15 is 0 Å². The van der Waals surface area contributed by atoms with Gasteiger partial charge in [0.2, 0.25) is 0 Å². The fourth-order valence-corrected chi connectivity index (χ4v) is 3.00. The lowest BCUT2D eigenvalue weighted by Crippen LogP contribution is -2.29. The van der Waals surface area contributed by atoms with E-state index in [2.05, 4.69) is 10.6 Å². The highest BCUT2D eigenvalue weighted by atomic mass is 16.4. The lowest BCUT2D eigenvalue weighted by atomic mass is 9.86. The first-order valence-electron chi connectivity index (χ1n) is 8.05. The molecule has 1 aliphatic carbocycles. The van der Waals surface area contributed by atoms with Gasteiger partial charge in [-0.1, -0.05) is 6.07 Å². The summed E-state index contributed by atoms with van der Waals surface area (Å²) < 4.78 is 4.91. The van der Waals surface area contributed by atoms with Gasteiger partial charge in [0.15, 0.2) is 0 Å². The number of carboxylic acids is 1. The van der Waals surface area contributed by atoms with Gasteiger partial charge in [-0.15, -0.1) is 0 Å². The van der Waals surface area contributed by atoms with Gasteiger partial charge in [-0.25, -0.2) is 0 Å². The second-order valence-electron chi connectivity index (χ2n) is 6.08. The number of benzene rings is 1. The van der Waals surface area contributed by atoms with Crippen LogP contribution in [0.4, 0.5) is 11.4 Å². The third-order valence-electron chi connectivity index (χ3n) is 4.35. The molecule has 0 saturated heterocycles. The minimum absolute atomic E-state index is 0.219. The van der Waals surface area contributed by atoms with Crippen LogP contribution in [-0.4, -0.2) is 23.0 Å². The summed E-state index contributed by atoms with van der Waals surface area (Å²) in [6.45, 7) is 0. The molecule has 1 aromatic carbocycles. The van der Waals surface area contributed by atoms with Crippen LogP contribution >= 0.6 is 0 Å². The van der Waals surface area contributed by atoms with Crippen molar-refractivity contribution in [2.75, 3.05) is 10.6 Å². The average Bonchev–Trinajstić information content (AvgIpc) is 3.10. The molecule has 0 atom stereocenters. The van der Waals surface area contributed by atoms with Crippen LogP contribution in [0.5, 0.6) is 0 Å². The fraction of sp³-hybridized carbons (Fsp3) is 0.333. The minimum Gasteiger partial charge on any atom is -0.481 e. The summed E-state index contributed by atoms with van der Waals surface area (Å²) in [5.41, 5.74) is 2.09. The monoisotopic (exact) mass is 328 g/mol. The summed E-state index contributed by atoms with van der Waals surface area (Å²) in [4.78, 5) is 23.0. The third kappa shape index (κ3) is 3.95. The van der Waals surface area contributed by atoms with E-state index in [1.807, 2.05) is 24.3 Å². The van der Waals surface area contributed by atoms with E-state index in [1.54, 1.807) is 6.07 Å². The van der Waals surface area contributed by atoms with Crippen molar-refractivity contribution in [2.24, 2.45) is 5.92 Å². The summed E-state index contributed by atoms with van der Waals surface area (Å²) in [6.07, 6.45) is 5.93. The van der Waals surface area contributed by atoms with Gasteiger partial charge in [-0.05, 0) is 49.9 Å². The Hall–Kier alpha value is -2.76. The second kappa shape index (κ2) is 7.21. The molecule has 1 saturated carbocycles. The first-order valence-corrected chi connectivity index (χ1v) is 8.05. The molecule has 24 heavy (non-hydrogen) atoms. The summed E-state index contributed by atoms with van der Waals surface area (Å²) >= 11 is 0. The Morgan fingerprint density at radius 1 is 1.08 bits per heavy atom. The van der Waals surface area contributed by atoms with Crippen molar-refractivity contribution in [3.05, 3.63) is 48.4 Å². The molecule has 6 nitrogen and oxygen atoms in total. The Balaban J connectivity index is 1.58. The van der Waals surface area contributed by atoms with E-state index < -0.39 is 5.97 Å². The number of nitrogens with one attached hydrogen (secondary N) is 2. The van der Waals surface area contributed by atoms with E-state index in [0.717, 1.165) is 18.5 Å². The van der Waals surface area contributed by atoms with Crippen LogP contribution in [0.25, 0.3) is 0 Å². The summed E-state index contributed by atoms with van der Waals surface area (Å²) in [5.74, 6) is -1.14. The minimum atomic E-state index is -0.697. The zero-order valence-corrected chi connectivity index (χ0v) is 13.2. The highest BCUT2D eigenvalue weighted by Gasteiger charge is 2.25. The van der Waals surface area contributed by atoms with Crippen LogP contribution in [0.15, 0.2) is 47.3 Å². The van der Waals surface area contributed by atoms with Crippen LogP contribution in [0, 0.1) is 5.92 Å². The highest BCUT2D eigenvalue weighted by Crippen LogP contribution is 2.27. The Labute approximate surface area is 139 Å². The molecule has 1 aliphatic rings. The number of hydrogen-bond donors (Lipinski definition) is 3. The van der Waals surface area contributed by atoms with Crippen LogP contribution in [-0.2, 0) is 4.79 Å². The van der Waals surface area contributed by atoms with Crippen molar-refractivity contribution in [3.63, 3.8) is 0 Å². The van der Waals surface area contributed by atoms with Gasteiger partial charge >= 0.3 is 5.97 Å². The van der Waals surface area contributed by atoms with Crippen LogP contribution in [0.1, 0.15) is 36.0 Å². The molecular formula is C18H20N2O4. The number of carbonyl (C=O) groups excluding carboxylic acids is 1. The molecule has 1 aromatic heterocycles. The molecule has 2 aromatic rings. The van der Waals surface area contributed by atoms with Crippen LogP contribution < -0.4 is 10.6 Å². The van der Waals surface area contributed by atoms with Gasteiger partial charge in [0, 0.05) is 17.4 Å². The molecule has 1 heterocycles. The SMILES string of the molecule is O=C(Nc1cccc(NC2CCC(C(=O)O)CC2)c1)c1ccoc1. The highest BCUT2D eigenvalue weighted by molar-refractivity contribution is 6.04. The van der Waals surface area contributed by atoms with Gasteiger partial charge in [0.05, 0.1) is 17.7 Å². The van der Waals surface area contributed by atoms with E-state index in [0.29, 0.717) is 24.1 Å². The average molecular weight is 328 g/mol. The van der Waals surface area contributed by atoms with Crippen molar-refractivity contribution >= 4 is 23.3 Å². The fourth-order valence-electron chi connectivity index (χ4n) is 3.00. The first-order chi connectivity index (χ1) is 11.6. The van der Waals surface area contributed by atoms with Crippen LogP contribution in [0.2, 0.25) is 0 Å². The molecular weight excluding hydrogens is 308 g/mol. The van der Waals surface area contributed by atoms with E-state index in [1.165, 1.54) is 12.5 Å². The maximum absolute atomic E-state index is 12.0. The third-order valence-corrected chi connectivity index (χ3v) is 4.35. The molecule has 6 heteroatoms. The molecule has 0 unspecified atom stereocenters. The van der Waals surface area contributed by atoms with Gasteiger partial charge in [-0.2, -0.15) is 0 Å². The van der Waals surface area contributed by atoms with Crippen molar-refractivity contribution in [1.82, 2.24) is 0 Å². The number of carbonyl (C=O) groups is 2. The molecule has 0 radical (unpaired) electrons. The van der Waals surface area contributed by atoms with E-state index in [9.17, 15) is 9.59 Å². The number of anilines is 2. The maximum Gasteiger partial charge on any atom is 0.306 e. The number of furan rings is 1. The normalized spacial score (nSPS) is 20.3. The molecule has 0 bridgehead atoms. The van der Waals surface area contributed by atoms with E-state index in [-0.39, 0.29) is 17.9 Å². The van der Waals surface area contributed by atoms with Gasteiger partial charge in [0.1, 0.15) is 6.26 Å². The predicted molar refractivity (Wildman–Crippen MR) is 90.1 cm³/mol. The van der Waals surface area contributed by atoms with Gasteiger partial charge < -0.3 is 20.2 Å². The summed E-state index contributed by atoms with van der Waals surface area (Å²) in [5, 5.41) is 15.3. The Morgan fingerprint density at radius 3 is 2.50 bits per heavy atom. The first kappa shape index (κ1) is 16.1. The molecule has 1 amide bonds. The van der Waals surface area contributed by atoms with E-state index in [4.69, 9.17) is 9.52 Å². The number of amides is 1. The lowest BCUT2D eigenvalue weighted by Gasteiger charge is -2.27. The zero-order chi connectivity index (χ0) is 16.9. The number of hydrogen-bond acceptors (Lipinski definition) is 4. The number of carboxylic acid groups (broad SMARTS) is 1. The molecule has 0 aliphatic heterocycles. The Morgan fingerprint density at radius 2 is 1.83 bits per heavy atom. The van der Waals surface area contributed by atoms with Crippen molar-refractivity contribution < 1.29 is 19.1 Å². The molecule has 3 N–H and O–H groups in total. The maximum atomic E-state index is 12.0. The molecule has 3 rings (SSSR count). The summed E-state index contributed by atoms with van der Waals surface area (Å²) in [6, 6.07) is 9.39. The topological polar surface area (TPSA) is 91.6 Å². The van der Waals surface area contributed by atoms with Gasteiger partial charge in [-0.3, -0.25) is 9.59 Å². The zero-order valence-electron chi connectivity index (χ0n) is 13.2. The summed E-state index contributed by atoms with van der Waals surface area (Å²) in [7, 11) is 0. The molecule has 0 spiro atoms. The van der Waals surface area contributed by atoms with Crippen molar-refractivity contribution in [3.8, 4) is 0 Å². The number of rotatable bonds is 5. The predicted octanol–water partition coefficient (Wildman–Crippen LogP) is 3.59. The molecule has 126 valence electrons. The van der Waals surface area contributed by atoms with Crippen LogP contribution in [0.3, 0.4) is 0 Å². The van der Waals surface area contributed by atoms with Crippen molar-refractivity contribution in [2.45, 2.75) is 31.7 Å². The smallest absolute Gasteiger partial charge is 0.306 e. The quantitative estimate of drug-likeness (QED) is 0.780. The standard InChI is InChI=1S/C18H20N2O4/c21-17(13-8-9-24-11-13)20-16-3-1-2-15(10-16)19-14-6-4-12(5-7-14)18(22)23/h1-3,8-12,14,19H,4-7H2,(H,20,21)(H,22,23). The largest absolute Gasteiger partial charge is 0.481 e. The van der Waals surface area contributed by atoms with Gasteiger partial charge in [0.25, 0.3) is 5.91 Å². The Bertz CT molecular complexity index is 704. The lowest BCUT2D eigenvalue weighted by molar-refractivity contribution is -0.142. The molecule has 1 fully saturated rings. The van der Waals surface area contributed by atoms with Crippen molar-refractivity contribution in [1.29, 1.82) is 0 Å². The number of aliphatic carboxylic acids is 1. The Kier molecular flexibility index (Phi) is 4.84.